The molecule has 0 aliphatic heterocycles. The number of guanidine groups is 1. The maximum Gasteiger partial charge on any atom is 0.191 e. The molecule has 6 nitrogen and oxygen atoms in total. The van der Waals surface area contributed by atoms with E-state index in [-0.39, 0.29) is 24.0 Å². The first kappa shape index (κ1) is 25.2. The Labute approximate surface area is 191 Å². The van der Waals surface area contributed by atoms with Crippen molar-refractivity contribution in [2.24, 2.45) is 4.99 Å². The van der Waals surface area contributed by atoms with E-state index >= 15 is 0 Å². The molecule has 0 aliphatic rings. The number of ether oxygens (including phenoxy) is 1. The molecule has 2 aromatic rings. The fourth-order valence-electron chi connectivity index (χ4n) is 2.84. The summed E-state index contributed by atoms with van der Waals surface area (Å²) in [6.07, 6.45) is 1.23. The number of sulfone groups is 1. The average molecular weight is 531 g/mol. The lowest BCUT2D eigenvalue weighted by atomic mass is 10.1. The number of halogens is 1. The first-order valence-electron chi connectivity index (χ1n) is 9.37. The molecule has 0 bridgehead atoms. The first-order valence-corrected chi connectivity index (χ1v) is 11.3. The van der Waals surface area contributed by atoms with Gasteiger partial charge < -0.3 is 15.4 Å². The van der Waals surface area contributed by atoms with Crippen molar-refractivity contribution >= 4 is 39.8 Å². The van der Waals surface area contributed by atoms with Crippen LogP contribution in [0.4, 0.5) is 0 Å². The second kappa shape index (κ2) is 12.0. The van der Waals surface area contributed by atoms with Crippen molar-refractivity contribution < 1.29 is 13.2 Å². The fourth-order valence-corrected chi connectivity index (χ4v) is 3.79. The second-order valence-corrected chi connectivity index (χ2v) is 8.49. The number of hydrogen-bond acceptors (Lipinski definition) is 4. The van der Waals surface area contributed by atoms with Crippen molar-refractivity contribution in [3.05, 3.63) is 59.2 Å². The molecule has 2 rings (SSSR count). The molecule has 0 aliphatic carbocycles. The maximum absolute atomic E-state index is 11.7. The molecule has 0 aromatic heterocycles. The van der Waals surface area contributed by atoms with Gasteiger partial charge in [0.1, 0.15) is 5.75 Å². The molecular formula is C21H30IN3O3S. The van der Waals surface area contributed by atoms with Gasteiger partial charge in [-0.1, -0.05) is 24.3 Å². The number of aliphatic imine (C=N–C) groups is 1. The average Bonchev–Trinajstić information content (AvgIpc) is 2.63. The number of hydrogen-bond donors (Lipinski definition) is 2. The number of nitrogens with one attached hydrogen (secondary N) is 2. The molecule has 160 valence electrons. The van der Waals surface area contributed by atoms with Gasteiger partial charge in [0.25, 0.3) is 0 Å². The number of rotatable bonds is 8. The van der Waals surface area contributed by atoms with E-state index in [4.69, 9.17) is 4.74 Å². The SMILES string of the molecule is CCNC(=NCc1cccc(OCC)c1)NCc1ccc(S(C)(=O)=O)c(C)c1.I. The van der Waals surface area contributed by atoms with Gasteiger partial charge in [-0.05, 0) is 55.7 Å². The lowest BCUT2D eigenvalue weighted by Crippen LogP contribution is -2.36. The molecule has 0 spiro atoms. The van der Waals surface area contributed by atoms with Gasteiger partial charge in [-0.25, -0.2) is 13.4 Å². The monoisotopic (exact) mass is 531 g/mol. The van der Waals surface area contributed by atoms with Crippen LogP contribution in [0.3, 0.4) is 0 Å². The zero-order valence-corrected chi connectivity index (χ0v) is 20.5. The summed E-state index contributed by atoms with van der Waals surface area (Å²) in [5.74, 6) is 1.55. The Bertz CT molecular complexity index is 931. The van der Waals surface area contributed by atoms with E-state index in [2.05, 4.69) is 15.6 Å². The van der Waals surface area contributed by atoms with E-state index in [0.717, 1.165) is 29.0 Å². The van der Waals surface area contributed by atoms with Crippen LogP contribution in [0.25, 0.3) is 0 Å². The van der Waals surface area contributed by atoms with Crippen LogP contribution in [-0.4, -0.2) is 33.8 Å². The van der Waals surface area contributed by atoms with Crippen molar-refractivity contribution in [3.63, 3.8) is 0 Å². The zero-order chi connectivity index (χ0) is 20.6. The van der Waals surface area contributed by atoms with Gasteiger partial charge in [0.15, 0.2) is 15.8 Å². The van der Waals surface area contributed by atoms with E-state index in [9.17, 15) is 8.42 Å². The molecule has 0 unspecified atom stereocenters. The van der Waals surface area contributed by atoms with Crippen LogP contribution in [0.5, 0.6) is 5.75 Å². The van der Waals surface area contributed by atoms with E-state index in [1.165, 1.54) is 6.26 Å². The molecule has 0 amide bonds. The Morgan fingerprint density at radius 1 is 1.07 bits per heavy atom. The molecule has 0 atom stereocenters. The molecule has 2 N–H and O–H groups in total. The molecule has 0 saturated carbocycles. The van der Waals surface area contributed by atoms with Crippen molar-refractivity contribution in [2.75, 3.05) is 19.4 Å². The second-order valence-electron chi connectivity index (χ2n) is 6.50. The largest absolute Gasteiger partial charge is 0.494 e. The van der Waals surface area contributed by atoms with Crippen LogP contribution >= 0.6 is 24.0 Å². The molecule has 0 radical (unpaired) electrons. The van der Waals surface area contributed by atoms with Gasteiger partial charge >= 0.3 is 0 Å². The Balaban J connectivity index is 0.00000420. The summed E-state index contributed by atoms with van der Waals surface area (Å²) in [6.45, 7) is 8.24. The Kier molecular flexibility index (Phi) is 10.5. The Hall–Kier alpha value is -1.81. The van der Waals surface area contributed by atoms with Crippen LogP contribution in [0, 0.1) is 6.92 Å². The number of nitrogens with zero attached hydrogens (tertiary/aromatic N) is 1. The molecule has 0 saturated heterocycles. The van der Waals surface area contributed by atoms with Crippen LogP contribution in [0.15, 0.2) is 52.4 Å². The third-order valence-corrected chi connectivity index (χ3v) is 5.33. The van der Waals surface area contributed by atoms with Crippen molar-refractivity contribution in [1.82, 2.24) is 10.6 Å². The van der Waals surface area contributed by atoms with Crippen LogP contribution in [0.2, 0.25) is 0 Å². The predicted molar refractivity (Wildman–Crippen MR) is 129 cm³/mol. The summed E-state index contributed by atoms with van der Waals surface area (Å²) >= 11 is 0. The summed E-state index contributed by atoms with van der Waals surface area (Å²) < 4.78 is 29.0. The Morgan fingerprint density at radius 3 is 2.45 bits per heavy atom. The van der Waals surface area contributed by atoms with Crippen molar-refractivity contribution in [2.45, 2.75) is 38.8 Å². The van der Waals surface area contributed by atoms with Crippen LogP contribution < -0.4 is 15.4 Å². The third kappa shape index (κ3) is 8.22. The molecule has 0 fully saturated rings. The summed E-state index contributed by atoms with van der Waals surface area (Å²) in [6, 6.07) is 13.3. The van der Waals surface area contributed by atoms with Gasteiger partial charge in [0.05, 0.1) is 18.0 Å². The van der Waals surface area contributed by atoms with E-state index < -0.39 is 9.84 Å². The van der Waals surface area contributed by atoms with E-state index in [0.29, 0.717) is 30.6 Å². The summed E-state index contributed by atoms with van der Waals surface area (Å²) in [5.41, 5.74) is 2.81. The lowest BCUT2D eigenvalue weighted by molar-refractivity contribution is 0.340. The van der Waals surface area contributed by atoms with E-state index in [1.54, 1.807) is 6.07 Å². The number of benzene rings is 2. The molecule has 2 aromatic carbocycles. The van der Waals surface area contributed by atoms with Crippen LogP contribution in [0.1, 0.15) is 30.5 Å². The minimum absolute atomic E-state index is 0. The molecular weight excluding hydrogens is 501 g/mol. The fraction of sp³-hybridized carbons (Fsp3) is 0.381. The highest BCUT2D eigenvalue weighted by Crippen LogP contribution is 2.17. The highest BCUT2D eigenvalue weighted by molar-refractivity contribution is 14.0. The van der Waals surface area contributed by atoms with Crippen molar-refractivity contribution in [1.29, 1.82) is 0 Å². The van der Waals surface area contributed by atoms with Gasteiger partial charge in [0, 0.05) is 19.3 Å². The van der Waals surface area contributed by atoms with E-state index in [1.807, 2.05) is 57.2 Å². The third-order valence-electron chi connectivity index (χ3n) is 4.07. The molecule has 0 heterocycles. The lowest BCUT2D eigenvalue weighted by Gasteiger charge is -2.13. The van der Waals surface area contributed by atoms with Crippen LogP contribution in [-0.2, 0) is 22.9 Å². The summed E-state index contributed by atoms with van der Waals surface area (Å²) in [5, 5.41) is 6.52. The Morgan fingerprint density at radius 2 is 1.83 bits per heavy atom. The smallest absolute Gasteiger partial charge is 0.191 e. The predicted octanol–water partition coefficient (Wildman–Crippen LogP) is 3.67. The quantitative estimate of drug-likeness (QED) is 0.309. The molecule has 8 heteroatoms. The summed E-state index contributed by atoms with van der Waals surface area (Å²) in [7, 11) is -3.20. The highest BCUT2D eigenvalue weighted by atomic mass is 127. The topological polar surface area (TPSA) is 79.8 Å². The number of aryl methyl sites for hydroxylation is 1. The molecule has 29 heavy (non-hydrogen) atoms. The highest BCUT2D eigenvalue weighted by Gasteiger charge is 2.11. The van der Waals surface area contributed by atoms with Gasteiger partial charge in [-0.15, -0.1) is 24.0 Å². The van der Waals surface area contributed by atoms with Gasteiger partial charge in [0.2, 0.25) is 0 Å². The first-order chi connectivity index (χ1) is 13.3. The minimum atomic E-state index is -3.20. The standard InChI is InChI=1S/C21H29N3O3S.HI/c1-5-22-21(23-14-17-8-7-9-19(13-17)27-6-2)24-15-18-10-11-20(16(3)12-18)28(4,25)26;/h7-13H,5-6,14-15H2,1-4H3,(H2,22,23,24);1H. The van der Waals surface area contributed by atoms with Gasteiger partial charge in [-0.3, -0.25) is 0 Å². The van der Waals surface area contributed by atoms with Gasteiger partial charge in [-0.2, -0.15) is 0 Å². The summed E-state index contributed by atoms with van der Waals surface area (Å²) in [4.78, 5) is 4.99. The maximum atomic E-state index is 11.7. The minimum Gasteiger partial charge on any atom is -0.494 e. The zero-order valence-electron chi connectivity index (χ0n) is 17.4. The van der Waals surface area contributed by atoms with Crippen molar-refractivity contribution in [3.8, 4) is 5.75 Å². The normalized spacial score (nSPS) is 11.5.